The van der Waals surface area contributed by atoms with E-state index in [0.29, 0.717) is 17.7 Å². The standard InChI is InChI=1S/C22H34N4O/c1-4-9-22(10-11-22)21(27)24-16(3)17-7-12-26(13-8-17)19-14-15(2)23-20(25-19)18-5-6-18/h14,16-18H,4-13H2,1-3H3,(H,24,27)/t16-/m1/s1. The average Bonchev–Trinajstić information content (AvgIpc) is 3.55. The van der Waals surface area contributed by atoms with Crippen LogP contribution in [-0.4, -0.2) is 35.0 Å². The number of rotatable bonds is 7. The Morgan fingerprint density at radius 1 is 1.26 bits per heavy atom. The van der Waals surface area contributed by atoms with Gasteiger partial charge in [0.2, 0.25) is 5.91 Å². The minimum atomic E-state index is -0.0264. The summed E-state index contributed by atoms with van der Waals surface area (Å²) in [7, 11) is 0. The summed E-state index contributed by atoms with van der Waals surface area (Å²) in [5.74, 6) is 3.60. The summed E-state index contributed by atoms with van der Waals surface area (Å²) < 4.78 is 0. The molecule has 3 aliphatic rings. The molecule has 0 unspecified atom stereocenters. The second-order valence-electron chi connectivity index (χ2n) is 9.12. The van der Waals surface area contributed by atoms with Crippen LogP contribution in [0.25, 0.3) is 0 Å². The van der Waals surface area contributed by atoms with E-state index >= 15 is 0 Å². The van der Waals surface area contributed by atoms with Gasteiger partial charge in [-0.05, 0) is 64.7 Å². The molecule has 5 nitrogen and oxygen atoms in total. The summed E-state index contributed by atoms with van der Waals surface area (Å²) in [6.07, 6.45) is 9.00. The highest BCUT2D eigenvalue weighted by Crippen LogP contribution is 2.50. The molecule has 5 heteroatoms. The van der Waals surface area contributed by atoms with Crippen molar-refractivity contribution in [3.8, 4) is 0 Å². The van der Waals surface area contributed by atoms with Gasteiger partial charge in [0.1, 0.15) is 11.6 Å². The molecule has 0 aromatic carbocycles. The maximum absolute atomic E-state index is 12.7. The van der Waals surface area contributed by atoms with Crippen molar-refractivity contribution >= 4 is 11.7 Å². The van der Waals surface area contributed by atoms with E-state index < -0.39 is 0 Å². The Kier molecular flexibility index (Phi) is 5.13. The molecule has 1 aliphatic heterocycles. The van der Waals surface area contributed by atoms with Crippen LogP contribution in [0.3, 0.4) is 0 Å². The van der Waals surface area contributed by atoms with Gasteiger partial charge in [0.15, 0.2) is 0 Å². The number of hydrogen-bond donors (Lipinski definition) is 1. The fourth-order valence-corrected chi connectivity index (χ4v) is 4.59. The number of hydrogen-bond acceptors (Lipinski definition) is 4. The van der Waals surface area contributed by atoms with Crippen LogP contribution in [0.15, 0.2) is 6.07 Å². The maximum atomic E-state index is 12.7. The van der Waals surface area contributed by atoms with Crippen LogP contribution >= 0.6 is 0 Å². The van der Waals surface area contributed by atoms with Crippen LogP contribution in [0.2, 0.25) is 0 Å². The van der Waals surface area contributed by atoms with Gasteiger partial charge >= 0.3 is 0 Å². The quantitative estimate of drug-likeness (QED) is 0.789. The van der Waals surface area contributed by atoms with Gasteiger partial charge < -0.3 is 10.2 Å². The highest BCUT2D eigenvalue weighted by molar-refractivity contribution is 5.85. The summed E-state index contributed by atoms with van der Waals surface area (Å²) in [6, 6.07) is 2.39. The molecule has 3 fully saturated rings. The lowest BCUT2D eigenvalue weighted by Crippen LogP contribution is -2.46. The molecule has 2 aliphatic carbocycles. The number of nitrogens with one attached hydrogen (secondary N) is 1. The summed E-state index contributed by atoms with van der Waals surface area (Å²) in [4.78, 5) is 24.5. The molecule has 1 aromatic heterocycles. The highest BCUT2D eigenvalue weighted by atomic mass is 16.2. The lowest BCUT2D eigenvalue weighted by Gasteiger charge is -2.36. The van der Waals surface area contributed by atoms with Crippen molar-refractivity contribution < 1.29 is 4.79 Å². The van der Waals surface area contributed by atoms with E-state index in [4.69, 9.17) is 4.98 Å². The van der Waals surface area contributed by atoms with Crippen LogP contribution in [-0.2, 0) is 4.79 Å². The van der Waals surface area contributed by atoms with E-state index in [1.54, 1.807) is 0 Å². The van der Waals surface area contributed by atoms with Crippen LogP contribution in [0, 0.1) is 18.3 Å². The van der Waals surface area contributed by atoms with Crippen LogP contribution < -0.4 is 10.2 Å². The van der Waals surface area contributed by atoms with E-state index in [9.17, 15) is 4.79 Å². The third-order valence-electron chi connectivity index (χ3n) is 6.79. The van der Waals surface area contributed by atoms with Gasteiger partial charge in [-0.15, -0.1) is 0 Å². The minimum absolute atomic E-state index is 0.0264. The largest absolute Gasteiger partial charge is 0.356 e. The van der Waals surface area contributed by atoms with Crippen molar-refractivity contribution in [2.24, 2.45) is 11.3 Å². The number of carbonyl (C=O) groups is 1. The van der Waals surface area contributed by atoms with Crippen molar-refractivity contribution in [1.82, 2.24) is 15.3 Å². The van der Waals surface area contributed by atoms with Gasteiger partial charge in [0.25, 0.3) is 0 Å². The van der Waals surface area contributed by atoms with E-state index in [-0.39, 0.29) is 11.5 Å². The molecule has 1 saturated heterocycles. The predicted octanol–water partition coefficient (Wildman–Crippen LogP) is 3.96. The first-order valence-electron chi connectivity index (χ1n) is 10.9. The van der Waals surface area contributed by atoms with E-state index in [1.165, 1.54) is 12.8 Å². The van der Waals surface area contributed by atoms with Gasteiger partial charge in [0, 0.05) is 42.2 Å². The smallest absolute Gasteiger partial charge is 0.226 e. The van der Waals surface area contributed by atoms with Crippen molar-refractivity contribution in [3.05, 3.63) is 17.6 Å². The predicted molar refractivity (Wildman–Crippen MR) is 108 cm³/mol. The lowest BCUT2D eigenvalue weighted by atomic mass is 9.89. The third kappa shape index (κ3) is 4.12. The highest BCUT2D eigenvalue weighted by Gasteiger charge is 2.49. The van der Waals surface area contributed by atoms with E-state index in [0.717, 1.165) is 69.0 Å². The average molecular weight is 371 g/mol. The second kappa shape index (κ2) is 7.40. The van der Waals surface area contributed by atoms with Crippen molar-refractivity contribution in [2.75, 3.05) is 18.0 Å². The number of nitrogens with zero attached hydrogens (tertiary/aromatic N) is 3. The zero-order valence-corrected chi connectivity index (χ0v) is 17.1. The normalized spacial score (nSPS) is 23.1. The van der Waals surface area contributed by atoms with Crippen molar-refractivity contribution in [2.45, 2.75) is 84.1 Å². The Bertz CT molecular complexity index is 688. The van der Waals surface area contributed by atoms with Crippen molar-refractivity contribution in [1.29, 1.82) is 0 Å². The molecular weight excluding hydrogens is 336 g/mol. The number of piperidine rings is 1. The number of aromatic nitrogens is 2. The monoisotopic (exact) mass is 370 g/mol. The molecule has 27 heavy (non-hydrogen) atoms. The molecule has 0 radical (unpaired) electrons. The molecule has 2 saturated carbocycles. The molecule has 1 amide bonds. The summed E-state index contributed by atoms with van der Waals surface area (Å²) >= 11 is 0. The first-order valence-corrected chi connectivity index (χ1v) is 10.9. The van der Waals surface area contributed by atoms with E-state index in [1.807, 2.05) is 0 Å². The number of amides is 1. The molecule has 1 aromatic rings. The molecule has 1 atom stereocenters. The first-order chi connectivity index (χ1) is 13.0. The van der Waals surface area contributed by atoms with Gasteiger partial charge in [-0.2, -0.15) is 0 Å². The zero-order chi connectivity index (χ0) is 19.0. The first kappa shape index (κ1) is 18.7. The second-order valence-corrected chi connectivity index (χ2v) is 9.12. The van der Waals surface area contributed by atoms with Gasteiger partial charge in [-0.3, -0.25) is 4.79 Å². The molecule has 1 N–H and O–H groups in total. The Labute approximate surface area is 163 Å². The fraction of sp³-hybridized carbons (Fsp3) is 0.773. The van der Waals surface area contributed by atoms with Crippen molar-refractivity contribution in [3.63, 3.8) is 0 Å². The Morgan fingerprint density at radius 2 is 1.96 bits per heavy atom. The number of anilines is 1. The molecule has 0 spiro atoms. The van der Waals surface area contributed by atoms with Crippen LogP contribution in [0.4, 0.5) is 5.82 Å². The van der Waals surface area contributed by atoms with E-state index in [2.05, 4.69) is 42.0 Å². The van der Waals surface area contributed by atoms with Crippen LogP contribution in [0.5, 0.6) is 0 Å². The minimum Gasteiger partial charge on any atom is -0.356 e. The maximum Gasteiger partial charge on any atom is 0.226 e. The Morgan fingerprint density at radius 3 is 2.56 bits per heavy atom. The Hall–Kier alpha value is -1.65. The molecule has 148 valence electrons. The molecule has 0 bridgehead atoms. The Balaban J connectivity index is 1.32. The lowest BCUT2D eigenvalue weighted by molar-refractivity contribution is -0.127. The zero-order valence-electron chi connectivity index (χ0n) is 17.1. The molecule has 2 heterocycles. The van der Waals surface area contributed by atoms with Crippen LogP contribution in [0.1, 0.15) is 82.7 Å². The summed E-state index contributed by atoms with van der Waals surface area (Å²) in [5, 5.41) is 3.35. The number of aryl methyl sites for hydroxylation is 1. The molecular formula is C22H34N4O. The third-order valence-corrected chi connectivity index (χ3v) is 6.79. The summed E-state index contributed by atoms with van der Waals surface area (Å²) in [5.41, 5.74) is 1.05. The summed E-state index contributed by atoms with van der Waals surface area (Å²) in [6.45, 7) is 8.48. The van der Waals surface area contributed by atoms with Gasteiger partial charge in [-0.25, -0.2) is 9.97 Å². The van der Waals surface area contributed by atoms with Gasteiger partial charge in [-0.1, -0.05) is 13.3 Å². The number of carbonyl (C=O) groups excluding carboxylic acids is 1. The topological polar surface area (TPSA) is 58.1 Å². The van der Waals surface area contributed by atoms with Gasteiger partial charge in [0.05, 0.1) is 0 Å². The fourth-order valence-electron chi connectivity index (χ4n) is 4.59. The SMILES string of the molecule is CCCC1(C(=O)N[C@H](C)C2CCN(c3cc(C)nc(C4CC4)n3)CC2)CC1. The molecule has 4 rings (SSSR count).